The molecule has 1 saturated heterocycles. The monoisotopic (exact) mass is 568 g/mol. The first-order valence-electron chi connectivity index (χ1n) is 14.4. The third-order valence-corrected chi connectivity index (χ3v) is 7.63. The Labute approximate surface area is 245 Å². The summed E-state index contributed by atoms with van der Waals surface area (Å²) < 4.78 is 11.1. The summed E-state index contributed by atoms with van der Waals surface area (Å²) in [5.41, 5.74) is 3.60. The molecule has 42 heavy (non-hydrogen) atoms. The van der Waals surface area contributed by atoms with Gasteiger partial charge in [-0.05, 0) is 60.7 Å². The summed E-state index contributed by atoms with van der Waals surface area (Å²) in [4.78, 5) is 46.8. The van der Waals surface area contributed by atoms with Crippen LogP contribution in [0.1, 0.15) is 59.2 Å². The lowest BCUT2D eigenvalue weighted by Gasteiger charge is -2.29. The summed E-state index contributed by atoms with van der Waals surface area (Å²) in [6, 6.07) is 22.6. The minimum atomic E-state index is -0.878. The molecular formula is C33H36N4O5. The van der Waals surface area contributed by atoms with E-state index in [2.05, 4.69) is 20.5 Å². The lowest BCUT2D eigenvalue weighted by Crippen LogP contribution is -2.52. The molecule has 1 fully saturated rings. The molecule has 2 heterocycles. The number of carbonyl (C=O) groups is 3. The van der Waals surface area contributed by atoms with Crippen molar-refractivity contribution < 1.29 is 23.5 Å². The molecule has 2 amide bonds. The maximum Gasteiger partial charge on any atom is 0.266 e. The standard InChI is InChI=1S/C33H36N4O5/c1-3-26(30(38)33-36-27-11-7-8-12-29(27)42-33)34-32(40)28(21-22(2)23-9-5-4-6-10-23)35-31(39)24-13-15-25(16-14-24)37-17-19-41-20-18-37/h4-16,22,26,28H,3,17-21H2,1-2H3,(H,34,40)(H,35,39)/t22?,26-,28?/m0/s1. The Morgan fingerprint density at radius 2 is 1.57 bits per heavy atom. The molecule has 1 aliphatic heterocycles. The van der Waals surface area contributed by atoms with Crippen LogP contribution in [0, 0.1) is 0 Å². The van der Waals surface area contributed by atoms with Crippen molar-refractivity contribution in [2.24, 2.45) is 0 Å². The Balaban J connectivity index is 1.32. The van der Waals surface area contributed by atoms with Crippen molar-refractivity contribution in [3.8, 4) is 0 Å². The highest BCUT2D eigenvalue weighted by Gasteiger charge is 2.30. The van der Waals surface area contributed by atoms with Gasteiger partial charge in [0.05, 0.1) is 19.3 Å². The summed E-state index contributed by atoms with van der Waals surface area (Å²) >= 11 is 0. The first-order valence-corrected chi connectivity index (χ1v) is 14.4. The van der Waals surface area contributed by atoms with Crippen LogP contribution in [-0.4, -0.2) is 61.0 Å². The average Bonchev–Trinajstić information content (AvgIpc) is 3.48. The average molecular weight is 569 g/mol. The van der Waals surface area contributed by atoms with Crippen LogP contribution in [-0.2, 0) is 9.53 Å². The van der Waals surface area contributed by atoms with Crippen molar-refractivity contribution in [2.45, 2.75) is 44.7 Å². The molecule has 3 atom stereocenters. The molecule has 0 spiro atoms. The summed E-state index contributed by atoms with van der Waals surface area (Å²) in [6.45, 7) is 6.76. The van der Waals surface area contributed by atoms with Gasteiger partial charge in [-0.25, -0.2) is 4.98 Å². The number of para-hydroxylation sites is 2. The van der Waals surface area contributed by atoms with E-state index >= 15 is 0 Å². The molecule has 9 heteroatoms. The maximum absolute atomic E-state index is 13.7. The summed E-state index contributed by atoms with van der Waals surface area (Å²) in [5, 5.41) is 5.78. The molecule has 4 aromatic rings. The van der Waals surface area contributed by atoms with E-state index in [9.17, 15) is 14.4 Å². The van der Waals surface area contributed by atoms with Gasteiger partial charge in [0.1, 0.15) is 11.6 Å². The largest absolute Gasteiger partial charge is 0.434 e. The quantitative estimate of drug-likeness (QED) is 0.251. The number of anilines is 1. The Hall–Kier alpha value is -4.50. The number of hydrogen-bond acceptors (Lipinski definition) is 7. The van der Waals surface area contributed by atoms with Crippen LogP contribution in [0.5, 0.6) is 0 Å². The smallest absolute Gasteiger partial charge is 0.266 e. The maximum atomic E-state index is 13.7. The number of ketones is 1. The second kappa shape index (κ2) is 13.4. The fourth-order valence-corrected chi connectivity index (χ4v) is 5.14. The van der Waals surface area contributed by atoms with Crippen LogP contribution >= 0.6 is 0 Å². The van der Waals surface area contributed by atoms with Crippen molar-refractivity contribution in [2.75, 3.05) is 31.2 Å². The number of benzene rings is 3. The van der Waals surface area contributed by atoms with E-state index in [1.807, 2.05) is 62.4 Å². The Bertz CT molecular complexity index is 1480. The zero-order valence-electron chi connectivity index (χ0n) is 23.9. The number of fused-ring (bicyclic) bond motifs is 1. The number of amides is 2. The Morgan fingerprint density at radius 1 is 0.881 bits per heavy atom. The minimum absolute atomic E-state index is 0.0289. The van der Waals surface area contributed by atoms with Gasteiger partial charge in [-0.2, -0.15) is 0 Å². The second-order valence-electron chi connectivity index (χ2n) is 10.5. The van der Waals surface area contributed by atoms with Gasteiger partial charge in [0.15, 0.2) is 5.58 Å². The van der Waals surface area contributed by atoms with Crippen LogP contribution in [0.4, 0.5) is 5.69 Å². The highest BCUT2D eigenvalue weighted by molar-refractivity contribution is 6.02. The Kier molecular flexibility index (Phi) is 9.28. The number of ether oxygens (including phenoxy) is 1. The lowest BCUT2D eigenvalue weighted by molar-refractivity contribution is -0.123. The van der Waals surface area contributed by atoms with Gasteiger partial charge >= 0.3 is 0 Å². The van der Waals surface area contributed by atoms with Crippen LogP contribution in [0.25, 0.3) is 11.1 Å². The molecule has 0 bridgehead atoms. The molecule has 1 aromatic heterocycles. The zero-order chi connectivity index (χ0) is 29.5. The third-order valence-electron chi connectivity index (χ3n) is 7.63. The number of oxazole rings is 1. The number of Topliss-reactive ketones (excluding diaryl/α,β-unsaturated/α-hetero) is 1. The number of nitrogens with zero attached hydrogens (tertiary/aromatic N) is 2. The van der Waals surface area contributed by atoms with Gasteiger partial charge in [-0.3, -0.25) is 14.4 Å². The number of hydrogen-bond donors (Lipinski definition) is 2. The zero-order valence-corrected chi connectivity index (χ0v) is 23.9. The topological polar surface area (TPSA) is 114 Å². The first kappa shape index (κ1) is 29.0. The third kappa shape index (κ3) is 6.86. The normalized spacial score (nSPS) is 15.5. The van der Waals surface area contributed by atoms with E-state index in [0.29, 0.717) is 42.7 Å². The predicted molar refractivity (Wildman–Crippen MR) is 161 cm³/mol. The van der Waals surface area contributed by atoms with E-state index in [-0.39, 0.29) is 17.7 Å². The van der Waals surface area contributed by atoms with Crippen molar-refractivity contribution in [3.05, 3.63) is 95.9 Å². The minimum Gasteiger partial charge on any atom is -0.434 e. The molecule has 0 radical (unpaired) electrons. The number of nitrogens with one attached hydrogen (secondary N) is 2. The van der Waals surface area contributed by atoms with Gasteiger partial charge < -0.3 is 24.7 Å². The molecule has 3 aromatic carbocycles. The number of aromatic nitrogens is 1. The molecule has 2 N–H and O–H groups in total. The van der Waals surface area contributed by atoms with Gasteiger partial charge in [-0.1, -0.05) is 56.3 Å². The van der Waals surface area contributed by atoms with Crippen molar-refractivity contribution in [1.29, 1.82) is 0 Å². The highest BCUT2D eigenvalue weighted by atomic mass is 16.5. The van der Waals surface area contributed by atoms with Gasteiger partial charge in [0.25, 0.3) is 11.8 Å². The van der Waals surface area contributed by atoms with Crippen LogP contribution in [0.3, 0.4) is 0 Å². The molecule has 5 rings (SSSR count). The van der Waals surface area contributed by atoms with Crippen LogP contribution < -0.4 is 15.5 Å². The number of rotatable bonds is 11. The van der Waals surface area contributed by atoms with E-state index < -0.39 is 23.8 Å². The van der Waals surface area contributed by atoms with Crippen LogP contribution in [0.2, 0.25) is 0 Å². The van der Waals surface area contributed by atoms with E-state index in [4.69, 9.17) is 9.15 Å². The first-order chi connectivity index (χ1) is 20.4. The molecule has 1 aliphatic rings. The fraction of sp³-hybridized carbons (Fsp3) is 0.333. The summed E-state index contributed by atoms with van der Waals surface area (Å²) in [7, 11) is 0. The second-order valence-corrected chi connectivity index (χ2v) is 10.5. The van der Waals surface area contributed by atoms with Crippen LogP contribution in [0.15, 0.2) is 83.3 Å². The molecular weight excluding hydrogens is 532 g/mol. The summed E-state index contributed by atoms with van der Waals surface area (Å²) in [5.74, 6) is -1.29. The van der Waals surface area contributed by atoms with Gasteiger partial charge in [0, 0.05) is 24.3 Å². The SMILES string of the molecule is CC[C@H](NC(=O)C(CC(C)c1ccccc1)NC(=O)c1ccc(N2CCOCC2)cc1)C(=O)c1nc2ccccc2o1. The fourth-order valence-electron chi connectivity index (χ4n) is 5.14. The highest BCUT2D eigenvalue weighted by Crippen LogP contribution is 2.22. The molecule has 9 nitrogen and oxygen atoms in total. The summed E-state index contributed by atoms with van der Waals surface area (Å²) in [6.07, 6.45) is 0.683. The van der Waals surface area contributed by atoms with E-state index in [1.54, 1.807) is 30.3 Å². The van der Waals surface area contributed by atoms with Gasteiger partial charge in [-0.15, -0.1) is 0 Å². The van der Waals surface area contributed by atoms with Crippen molar-refractivity contribution >= 4 is 34.4 Å². The number of carbonyl (C=O) groups excluding carboxylic acids is 3. The number of morpholine rings is 1. The van der Waals surface area contributed by atoms with Crippen molar-refractivity contribution in [1.82, 2.24) is 15.6 Å². The molecule has 218 valence electrons. The Morgan fingerprint density at radius 3 is 2.26 bits per heavy atom. The van der Waals surface area contributed by atoms with Gasteiger partial charge in [0.2, 0.25) is 11.7 Å². The molecule has 2 unspecified atom stereocenters. The molecule has 0 aliphatic carbocycles. The molecule has 0 saturated carbocycles. The van der Waals surface area contributed by atoms with Crippen molar-refractivity contribution in [3.63, 3.8) is 0 Å². The van der Waals surface area contributed by atoms with E-state index in [1.165, 1.54) is 0 Å². The van der Waals surface area contributed by atoms with E-state index in [0.717, 1.165) is 24.3 Å². The lowest BCUT2D eigenvalue weighted by atomic mass is 9.93. The predicted octanol–water partition coefficient (Wildman–Crippen LogP) is 4.73.